The maximum absolute atomic E-state index is 10.9. The molecule has 0 heterocycles. The van der Waals surface area contributed by atoms with E-state index in [1.165, 1.54) is 6.26 Å². The third-order valence-electron chi connectivity index (χ3n) is 1.64. The molecular weight excluding hydrogens is 218 g/mol. The van der Waals surface area contributed by atoms with E-state index >= 15 is 0 Å². The van der Waals surface area contributed by atoms with Gasteiger partial charge in [0.25, 0.3) is 0 Å². The molecule has 0 spiro atoms. The van der Waals surface area contributed by atoms with Crippen molar-refractivity contribution in [1.82, 2.24) is 0 Å². The molecule has 3 nitrogen and oxygen atoms in total. The Labute approximate surface area is 91.7 Å². The van der Waals surface area contributed by atoms with E-state index in [1.54, 1.807) is 11.8 Å². The van der Waals surface area contributed by atoms with Crippen LogP contribution in [0.2, 0.25) is 0 Å². The second-order valence-electron chi connectivity index (χ2n) is 4.11. The zero-order valence-electron chi connectivity index (χ0n) is 9.19. The number of hydrogen-bond acceptors (Lipinski definition) is 4. The highest BCUT2D eigenvalue weighted by Gasteiger charge is 2.08. The fourth-order valence-corrected chi connectivity index (χ4v) is 2.71. The first-order valence-electron chi connectivity index (χ1n) is 4.82. The maximum atomic E-state index is 10.9. The minimum absolute atomic E-state index is 0.00785. The largest absolute Gasteiger partial charge is 0.327 e. The van der Waals surface area contributed by atoms with Gasteiger partial charge in [0.05, 0.1) is 5.75 Å². The molecule has 0 radical (unpaired) electrons. The summed E-state index contributed by atoms with van der Waals surface area (Å²) in [5.74, 6) is 2.82. The van der Waals surface area contributed by atoms with Crippen molar-refractivity contribution in [3.8, 4) is 0 Å². The van der Waals surface area contributed by atoms with Crippen LogP contribution in [0.1, 0.15) is 20.3 Å². The van der Waals surface area contributed by atoms with Gasteiger partial charge >= 0.3 is 0 Å². The lowest BCUT2D eigenvalue weighted by molar-refractivity contribution is 0.593. The van der Waals surface area contributed by atoms with Crippen LogP contribution in [0, 0.1) is 5.92 Å². The lowest BCUT2D eigenvalue weighted by Gasteiger charge is -2.11. The summed E-state index contributed by atoms with van der Waals surface area (Å²) in [6.45, 7) is 4.32. The quantitative estimate of drug-likeness (QED) is 0.724. The van der Waals surface area contributed by atoms with E-state index in [4.69, 9.17) is 5.73 Å². The van der Waals surface area contributed by atoms with Crippen LogP contribution >= 0.6 is 11.8 Å². The van der Waals surface area contributed by atoms with Crippen molar-refractivity contribution in [2.45, 2.75) is 26.3 Å². The van der Waals surface area contributed by atoms with Gasteiger partial charge in [0.1, 0.15) is 9.84 Å². The third-order valence-corrected chi connectivity index (χ3v) is 4.19. The predicted octanol–water partition coefficient (Wildman–Crippen LogP) is 1.14. The van der Waals surface area contributed by atoms with Crippen molar-refractivity contribution >= 4 is 21.6 Å². The molecule has 0 bridgehead atoms. The Morgan fingerprint density at radius 3 is 2.29 bits per heavy atom. The number of sulfone groups is 1. The average molecular weight is 239 g/mol. The molecule has 0 amide bonds. The van der Waals surface area contributed by atoms with E-state index in [2.05, 4.69) is 13.8 Å². The lowest BCUT2D eigenvalue weighted by Crippen LogP contribution is -2.26. The van der Waals surface area contributed by atoms with E-state index in [0.717, 1.165) is 11.5 Å². The smallest absolute Gasteiger partial charge is 0.147 e. The molecule has 5 heteroatoms. The van der Waals surface area contributed by atoms with Crippen molar-refractivity contribution in [2.75, 3.05) is 23.5 Å². The highest BCUT2D eigenvalue weighted by molar-refractivity contribution is 7.99. The SMILES string of the molecule is CC(C)CSCC(N)CCS(C)(=O)=O. The normalized spacial score (nSPS) is 14.6. The van der Waals surface area contributed by atoms with E-state index < -0.39 is 9.84 Å². The summed E-state index contributed by atoms with van der Waals surface area (Å²) >= 11 is 1.80. The molecule has 0 aromatic heterocycles. The van der Waals surface area contributed by atoms with Crippen molar-refractivity contribution in [3.63, 3.8) is 0 Å². The van der Waals surface area contributed by atoms with Gasteiger partial charge in [0, 0.05) is 18.1 Å². The molecule has 14 heavy (non-hydrogen) atoms. The van der Waals surface area contributed by atoms with Gasteiger partial charge in [-0.15, -0.1) is 0 Å². The van der Waals surface area contributed by atoms with Crippen molar-refractivity contribution < 1.29 is 8.42 Å². The molecule has 0 fully saturated rings. The Kier molecular flexibility index (Phi) is 6.81. The standard InChI is InChI=1S/C9H21NO2S2/c1-8(2)6-13-7-9(10)4-5-14(3,11)12/h8-9H,4-7,10H2,1-3H3. The van der Waals surface area contributed by atoms with Crippen LogP contribution in [0.4, 0.5) is 0 Å². The molecule has 0 aromatic rings. The first-order chi connectivity index (χ1) is 6.31. The molecule has 2 N–H and O–H groups in total. The Morgan fingerprint density at radius 1 is 1.29 bits per heavy atom. The van der Waals surface area contributed by atoms with Crippen LogP contribution in [0.15, 0.2) is 0 Å². The van der Waals surface area contributed by atoms with Crippen LogP contribution in [0.3, 0.4) is 0 Å². The molecule has 0 aromatic carbocycles. The topological polar surface area (TPSA) is 60.2 Å². The number of nitrogens with two attached hydrogens (primary N) is 1. The highest BCUT2D eigenvalue weighted by Crippen LogP contribution is 2.09. The number of thioether (sulfide) groups is 1. The van der Waals surface area contributed by atoms with Gasteiger partial charge in [-0.25, -0.2) is 8.42 Å². The second-order valence-corrected chi connectivity index (χ2v) is 7.44. The van der Waals surface area contributed by atoms with Crippen LogP contribution < -0.4 is 5.73 Å². The van der Waals surface area contributed by atoms with Gasteiger partial charge in [0.2, 0.25) is 0 Å². The zero-order chi connectivity index (χ0) is 11.2. The summed E-state index contributed by atoms with van der Waals surface area (Å²) in [6.07, 6.45) is 1.82. The number of hydrogen-bond donors (Lipinski definition) is 1. The molecule has 86 valence electrons. The second kappa shape index (κ2) is 6.69. The minimum atomic E-state index is -2.85. The minimum Gasteiger partial charge on any atom is -0.327 e. The molecular formula is C9H21NO2S2. The highest BCUT2D eigenvalue weighted by atomic mass is 32.2. The monoisotopic (exact) mass is 239 g/mol. The van der Waals surface area contributed by atoms with Crippen LogP contribution in [0.5, 0.6) is 0 Å². The van der Waals surface area contributed by atoms with Gasteiger partial charge in [-0.2, -0.15) is 11.8 Å². The fraction of sp³-hybridized carbons (Fsp3) is 1.00. The van der Waals surface area contributed by atoms with E-state index in [9.17, 15) is 8.42 Å². The Bertz CT molecular complexity index is 237. The van der Waals surface area contributed by atoms with Gasteiger partial charge in [-0.1, -0.05) is 13.8 Å². The molecule has 1 atom stereocenters. The molecule has 0 rings (SSSR count). The Morgan fingerprint density at radius 2 is 1.86 bits per heavy atom. The van der Waals surface area contributed by atoms with E-state index in [1.807, 2.05) is 0 Å². The van der Waals surface area contributed by atoms with Gasteiger partial charge < -0.3 is 5.73 Å². The summed E-state index contributed by atoms with van der Waals surface area (Å²) in [7, 11) is -2.85. The molecule has 1 unspecified atom stereocenters. The maximum Gasteiger partial charge on any atom is 0.147 e. The summed E-state index contributed by atoms with van der Waals surface area (Å²) in [5.41, 5.74) is 5.78. The van der Waals surface area contributed by atoms with Crippen LogP contribution in [-0.2, 0) is 9.84 Å². The molecule has 0 aliphatic rings. The Balaban J connectivity index is 3.51. The van der Waals surface area contributed by atoms with Gasteiger partial charge in [-0.3, -0.25) is 0 Å². The molecule has 0 saturated heterocycles. The van der Waals surface area contributed by atoms with Crippen molar-refractivity contribution in [1.29, 1.82) is 0 Å². The Hall–Kier alpha value is 0.260. The third kappa shape index (κ3) is 10.3. The van der Waals surface area contributed by atoms with E-state index in [-0.39, 0.29) is 11.8 Å². The average Bonchev–Trinajstić information content (AvgIpc) is 1.99. The summed E-state index contributed by atoms with van der Waals surface area (Å²) < 4.78 is 21.7. The zero-order valence-corrected chi connectivity index (χ0v) is 10.8. The predicted molar refractivity (Wildman–Crippen MR) is 64.5 cm³/mol. The van der Waals surface area contributed by atoms with Gasteiger partial charge in [-0.05, 0) is 18.1 Å². The van der Waals surface area contributed by atoms with Gasteiger partial charge in [0.15, 0.2) is 0 Å². The molecule has 0 aliphatic carbocycles. The van der Waals surface area contributed by atoms with Crippen molar-refractivity contribution in [3.05, 3.63) is 0 Å². The molecule has 0 aliphatic heterocycles. The fourth-order valence-electron chi connectivity index (χ4n) is 0.904. The van der Waals surface area contributed by atoms with Crippen LogP contribution in [-0.4, -0.2) is 38.0 Å². The summed E-state index contributed by atoms with van der Waals surface area (Å²) in [4.78, 5) is 0. The first kappa shape index (κ1) is 14.3. The lowest BCUT2D eigenvalue weighted by atomic mass is 10.3. The van der Waals surface area contributed by atoms with Crippen molar-refractivity contribution in [2.24, 2.45) is 11.7 Å². The summed E-state index contributed by atoms with van der Waals surface area (Å²) in [5, 5.41) is 0. The number of rotatable bonds is 7. The molecule has 0 saturated carbocycles. The first-order valence-corrected chi connectivity index (χ1v) is 8.04. The summed E-state index contributed by atoms with van der Waals surface area (Å²) in [6, 6.07) is 0.00785. The van der Waals surface area contributed by atoms with Crippen LogP contribution in [0.25, 0.3) is 0 Å². The van der Waals surface area contributed by atoms with E-state index in [0.29, 0.717) is 12.3 Å².